The van der Waals surface area contributed by atoms with Crippen LogP contribution in [0.15, 0.2) is 53.4 Å². The van der Waals surface area contributed by atoms with Crippen LogP contribution in [0.1, 0.15) is 43.5 Å². The topological polar surface area (TPSA) is 95.6 Å². The van der Waals surface area contributed by atoms with Crippen LogP contribution in [0.3, 0.4) is 0 Å². The Balaban J connectivity index is 1.65. The first kappa shape index (κ1) is 23.7. The molecule has 0 spiro atoms. The molecule has 2 amide bonds. The summed E-state index contributed by atoms with van der Waals surface area (Å²) in [5.74, 6) is -0.448. The van der Waals surface area contributed by atoms with Gasteiger partial charge in [0.15, 0.2) is 0 Å². The molecule has 0 aliphatic carbocycles. The zero-order valence-electron chi connectivity index (χ0n) is 18.2. The number of hydrogen-bond donors (Lipinski definition) is 2. The van der Waals surface area contributed by atoms with Crippen molar-refractivity contribution in [3.63, 3.8) is 0 Å². The fourth-order valence-electron chi connectivity index (χ4n) is 3.56. The van der Waals surface area contributed by atoms with E-state index in [1.807, 2.05) is 0 Å². The highest BCUT2D eigenvalue weighted by atomic mass is 32.2. The molecule has 9 heteroatoms. The van der Waals surface area contributed by atoms with E-state index in [9.17, 15) is 22.4 Å². The monoisotopic (exact) mass is 461 g/mol. The van der Waals surface area contributed by atoms with Gasteiger partial charge in [-0.3, -0.25) is 14.3 Å². The molecule has 1 atom stereocenters. The second-order valence-electron chi connectivity index (χ2n) is 8.27. The Hall–Kier alpha value is -2.94. The fourth-order valence-corrected chi connectivity index (χ4v) is 4.62. The first-order valence-electron chi connectivity index (χ1n) is 10.6. The van der Waals surface area contributed by atoms with Crippen LogP contribution in [0.4, 0.5) is 10.1 Å². The van der Waals surface area contributed by atoms with Gasteiger partial charge in [-0.1, -0.05) is 13.8 Å². The largest absolute Gasteiger partial charge is 0.354 e. The Bertz CT molecular complexity index is 1050. The van der Waals surface area contributed by atoms with E-state index in [1.54, 1.807) is 4.90 Å². The van der Waals surface area contributed by atoms with Crippen LogP contribution in [-0.2, 0) is 14.8 Å². The molecule has 1 fully saturated rings. The number of carbonyl (C=O) groups excluding carboxylic acids is 2. The van der Waals surface area contributed by atoms with Crippen molar-refractivity contribution in [3.8, 4) is 0 Å². The Kier molecular flexibility index (Phi) is 7.50. The number of sulfonamides is 1. The van der Waals surface area contributed by atoms with Gasteiger partial charge in [0.05, 0.1) is 4.90 Å². The number of likely N-dealkylation sites (tertiary alicyclic amines) is 1. The molecular formula is C23H28FN3O4S. The molecule has 2 aromatic rings. The van der Waals surface area contributed by atoms with Crippen LogP contribution in [0.5, 0.6) is 0 Å². The lowest BCUT2D eigenvalue weighted by atomic mass is 10.1. The van der Waals surface area contributed by atoms with E-state index in [0.29, 0.717) is 31.0 Å². The number of halogens is 1. The van der Waals surface area contributed by atoms with E-state index in [-0.39, 0.29) is 22.4 Å². The summed E-state index contributed by atoms with van der Waals surface area (Å²) in [6, 6.07) is 10.0. The minimum absolute atomic E-state index is 0.0672. The predicted octanol–water partition coefficient (Wildman–Crippen LogP) is 3.39. The minimum atomic E-state index is -3.88. The number of benzene rings is 2. The first-order chi connectivity index (χ1) is 15.2. The SMILES string of the molecule is CC(C)CCNC(=O)[C@@H]1CCCN1C(=O)c1ccc(NS(=O)(=O)c2ccc(F)cc2)cc1. The second kappa shape index (κ2) is 10.1. The molecule has 3 rings (SSSR count). The molecule has 172 valence electrons. The average molecular weight is 462 g/mol. The third kappa shape index (κ3) is 5.85. The van der Waals surface area contributed by atoms with E-state index in [2.05, 4.69) is 23.9 Å². The summed E-state index contributed by atoms with van der Waals surface area (Å²) in [7, 11) is -3.88. The zero-order chi connectivity index (χ0) is 23.3. The quantitative estimate of drug-likeness (QED) is 0.630. The molecule has 1 heterocycles. The number of hydrogen-bond acceptors (Lipinski definition) is 4. The van der Waals surface area contributed by atoms with Crippen molar-refractivity contribution < 1.29 is 22.4 Å². The van der Waals surface area contributed by atoms with Crippen LogP contribution in [-0.4, -0.2) is 44.3 Å². The molecular weight excluding hydrogens is 433 g/mol. The minimum Gasteiger partial charge on any atom is -0.354 e. The van der Waals surface area contributed by atoms with Gasteiger partial charge in [0.2, 0.25) is 5.91 Å². The summed E-state index contributed by atoms with van der Waals surface area (Å²) < 4.78 is 40.3. The summed E-state index contributed by atoms with van der Waals surface area (Å²) >= 11 is 0. The molecule has 2 aromatic carbocycles. The number of rotatable bonds is 8. The Morgan fingerprint density at radius 1 is 1.09 bits per heavy atom. The van der Waals surface area contributed by atoms with Crippen molar-refractivity contribution in [1.82, 2.24) is 10.2 Å². The molecule has 1 aliphatic rings. The third-order valence-electron chi connectivity index (χ3n) is 5.35. The Labute approximate surface area is 188 Å². The van der Waals surface area contributed by atoms with E-state index < -0.39 is 21.9 Å². The molecule has 2 N–H and O–H groups in total. The number of anilines is 1. The lowest BCUT2D eigenvalue weighted by Crippen LogP contribution is -2.46. The van der Waals surface area contributed by atoms with Crippen molar-refractivity contribution in [2.45, 2.75) is 44.0 Å². The van der Waals surface area contributed by atoms with E-state index in [4.69, 9.17) is 0 Å². The van der Waals surface area contributed by atoms with Gasteiger partial charge in [-0.15, -0.1) is 0 Å². The maximum atomic E-state index is 13.0. The van der Waals surface area contributed by atoms with Crippen LogP contribution in [0.2, 0.25) is 0 Å². The number of nitrogens with zero attached hydrogens (tertiary/aromatic N) is 1. The van der Waals surface area contributed by atoms with Gasteiger partial charge in [0, 0.05) is 24.3 Å². The first-order valence-corrected chi connectivity index (χ1v) is 12.1. The van der Waals surface area contributed by atoms with Crippen molar-refractivity contribution in [2.75, 3.05) is 17.8 Å². The molecule has 7 nitrogen and oxygen atoms in total. The Morgan fingerprint density at radius 3 is 2.38 bits per heavy atom. The maximum Gasteiger partial charge on any atom is 0.261 e. The zero-order valence-corrected chi connectivity index (χ0v) is 19.0. The summed E-state index contributed by atoms with van der Waals surface area (Å²) in [6.07, 6.45) is 2.25. The molecule has 0 bridgehead atoms. The van der Waals surface area contributed by atoms with Gasteiger partial charge in [0.1, 0.15) is 11.9 Å². The van der Waals surface area contributed by atoms with Gasteiger partial charge in [-0.25, -0.2) is 12.8 Å². The number of nitrogens with one attached hydrogen (secondary N) is 2. The summed E-state index contributed by atoms with van der Waals surface area (Å²) in [6.45, 7) is 5.25. The normalized spacial score (nSPS) is 16.2. The van der Waals surface area contributed by atoms with Crippen molar-refractivity contribution in [3.05, 3.63) is 59.9 Å². The van der Waals surface area contributed by atoms with Gasteiger partial charge < -0.3 is 10.2 Å². The van der Waals surface area contributed by atoms with Crippen LogP contribution >= 0.6 is 0 Å². The summed E-state index contributed by atoms with van der Waals surface area (Å²) in [5, 5.41) is 2.91. The van der Waals surface area contributed by atoms with E-state index >= 15 is 0 Å². The van der Waals surface area contributed by atoms with Crippen molar-refractivity contribution in [2.24, 2.45) is 5.92 Å². The lowest BCUT2D eigenvalue weighted by molar-refractivity contribution is -0.124. The lowest BCUT2D eigenvalue weighted by Gasteiger charge is -2.24. The second-order valence-corrected chi connectivity index (χ2v) is 9.95. The molecule has 32 heavy (non-hydrogen) atoms. The van der Waals surface area contributed by atoms with E-state index in [1.165, 1.54) is 36.4 Å². The average Bonchev–Trinajstić information content (AvgIpc) is 3.23. The fraction of sp³-hybridized carbons (Fsp3) is 0.391. The van der Waals surface area contributed by atoms with Crippen molar-refractivity contribution >= 4 is 27.5 Å². The van der Waals surface area contributed by atoms with Crippen molar-refractivity contribution in [1.29, 1.82) is 0 Å². The van der Waals surface area contributed by atoms with E-state index in [0.717, 1.165) is 25.0 Å². The highest BCUT2D eigenvalue weighted by Gasteiger charge is 2.34. The predicted molar refractivity (Wildman–Crippen MR) is 120 cm³/mol. The standard InChI is InChI=1S/C23H28FN3O4S/c1-16(2)13-14-25-22(28)21-4-3-15-27(21)23(29)17-5-9-19(10-6-17)26-32(30,31)20-11-7-18(24)8-12-20/h5-12,16,21,26H,3-4,13-15H2,1-2H3,(H,25,28)/t21-/m0/s1. The van der Waals surface area contributed by atoms with Gasteiger partial charge in [0.25, 0.3) is 15.9 Å². The Morgan fingerprint density at radius 2 is 1.75 bits per heavy atom. The maximum absolute atomic E-state index is 13.0. The molecule has 1 saturated heterocycles. The molecule has 0 saturated carbocycles. The summed E-state index contributed by atoms with van der Waals surface area (Å²) in [4.78, 5) is 27.0. The van der Waals surface area contributed by atoms with Crippen LogP contribution < -0.4 is 10.0 Å². The highest BCUT2D eigenvalue weighted by Crippen LogP contribution is 2.22. The van der Waals surface area contributed by atoms with Crippen LogP contribution in [0.25, 0.3) is 0 Å². The van der Waals surface area contributed by atoms with Crippen LogP contribution in [0, 0.1) is 11.7 Å². The molecule has 0 unspecified atom stereocenters. The third-order valence-corrected chi connectivity index (χ3v) is 6.74. The smallest absolute Gasteiger partial charge is 0.261 e. The molecule has 0 radical (unpaired) electrons. The van der Waals surface area contributed by atoms with Gasteiger partial charge in [-0.2, -0.15) is 0 Å². The van der Waals surface area contributed by atoms with Gasteiger partial charge in [-0.05, 0) is 73.7 Å². The molecule has 1 aliphatic heterocycles. The summed E-state index contributed by atoms with van der Waals surface area (Å²) in [5.41, 5.74) is 0.645. The van der Waals surface area contributed by atoms with Gasteiger partial charge >= 0.3 is 0 Å². The highest BCUT2D eigenvalue weighted by molar-refractivity contribution is 7.92. The number of amides is 2. The molecule has 0 aromatic heterocycles. The number of carbonyl (C=O) groups is 2.